The predicted molar refractivity (Wildman–Crippen MR) is 93.6 cm³/mol. The van der Waals surface area contributed by atoms with E-state index in [1.807, 2.05) is 17.0 Å². The number of nitrogens with zero attached hydrogens (tertiary/aromatic N) is 2. The van der Waals surface area contributed by atoms with Crippen molar-refractivity contribution in [3.8, 4) is 0 Å². The van der Waals surface area contributed by atoms with Crippen LogP contribution in [0.25, 0.3) is 0 Å². The van der Waals surface area contributed by atoms with E-state index in [0.717, 1.165) is 62.6 Å². The summed E-state index contributed by atoms with van der Waals surface area (Å²) in [5, 5.41) is 0. The van der Waals surface area contributed by atoms with Crippen molar-refractivity contribution in [1.29, 1.82) is 0 Å². The van der Waals surface area contributed by atoms with Gasteiger partial charge in [0, 0.05) is 31.0 Å². The summed E-state index contributed by atoms with van der Waals surface area (Å²) in [5.41, 5.74) is 9.29. The van der Waals surface area contributed by atoms with Crippen LogP contribution >= 0.6 is 12.4 Å². The molecule has 0 bridgehead atoms. The summed E-state index contributed by atoms with van der Waals surface area (Å²) in [6.07, 6.45) is 4.37. The number of hydrogen-bond acceptors (Lipinski definition) is 3. The fourth-order valence-corrected chi connectivity index (χ4v) is 3.41. The minimum atomic E-state index is 0. The van der Waals surface area contributed by atoms with Gasteiger partial charge in [-0.05, 0) is 49.3 Å². The second-order valence-electron chi connectivity index (χ2n) is 6.43. The number of likely N-dealkylation sites (tertiary alicyclic amines) is 1. The summed E-state index contributed by atoms with van der Waals surface area (Å²) in [4.78, 5) is 16.8. The average Bonchev–Trinajstić information content (AvgIpc) is 2.49. The number of nitrogen functional groups attached to an aromatic ring is 1. The highest BCUT2D eigenvalue weighted by molar-refractivity contribution is 5.85. The van der Waals surface area contributed by atoms with Crippen LogP contribution < -0.4 is 10.6 Å². The van der Waals surface area contributed by atoms with Gasteiger partial charge in [-0.15, -0.1) is 12.4 Å². The van der Waals surface area contributed by atoms with E-state index in [4.69, 9.17) is 5.73 Å². The third-order valence-corrected chi connectivity index (χ3v) is 4.85. The minimum absolute atomic E-state index is 0. The Hall–Kier alpha value is -1.42. The first-order valence-corrected chi connectivity index (χ1v) is 8.05. The molecular formula is C17H26ClN3O. The summed E-state index contributed by atoms with van der Waals surface area (Å²) in [6, 6.07) is 6.03. The SMILES string of the molecule is CC1CCN(C(=O)CN2CCCc3c(N)cccc32)CC1.Cl. The van der Waals surface area contributed by atoms with Gasteiger partial charge in [0.25, 0.3) is 0 Å². The van der Waals surface area contributed by atoms with Crippen LogP contribution in [0.5, 0.6) is 0 Å². The van der Waals surface area contributed by atoms with Gasteiger partial charge in [0.2, 0.25) is 5.91 Å². The molecule has 3 rings (SSSR count). The quantitative estimate of drug-likeness (QED) is 0.851. The number of amides is 1. The first-order chi connectivity index (χ1) is 10.1. The van der Waals surface area contributed by atoms with E-state index < -0.39 is 0 Å². The molecule has 1 fully saturated rings. The fourth-order valence-electron chi connectivity index (χ4n) is 3.41. The van der Waals surface area contributed by atoms with Gasteiger partial charge in [-0.25, -0.2) is 0 Å². The van der Waals surface area contributed by atoms with Gasteiger partial charge in [-0.1, -0.05) is 13.0 Å². The lowest BCUT2D eigenvalue weighted by Gasteiger charge is -2.35. The lowest BCUT2D eigenvalue weighted by molar-refractivity contribution is -0.131. The van der Waals surface area contributed by atoms with Crippen LogP contribution in [-0.4, -0.2) is 37.0 Å². The van der Waals surface area contributed by atoms with E-state index in [9.17, 15) is 4.79 Å². The number of anilines is 2. The van der Waals surface area contributed by atoms with E-state index >= 15 is 0 Å². The second kappa shape index (κ2) is 7.23. The molecule has 4 nitrogen and oxygen atoms in total. The fraction of sp³-hybridized carbons (Fsp3) is 0.588. The molecule has 22 heavy (non-hydrogen) atoms. The first kappa shape index (κ1) is 16.9. The Morgan fingerprint density at radius 1 is 1.27 bits per heavy atom. The van der Waals surface area contributed by atoms with Gasteiger partial charge < -0.3 is 15.5 Å². The molecule has 1 aromatic carbocycles. The third-order valence-electron chi connectivity index (χ3n) is 4.85. The van der Waals surface area contributed by atoms with Crippen molar-refractivity contribution < 1.29 is 4.79 Å². The van der Waals surface area contributed by atoms with Gasteiger partial charge in [0.15, 0.2) is 0 Å². The van der Waals surface area contributed by atoms with Crippen molar-refractivity contribution in [2.75, 3.05) is 36.8 Å². The Bertz CT molecular complexity index is 527. The van der Waals surface area contributed by atoms with Crippen molar-refractivity contribution in [3.63, 3.8) is 0 Å². The molecule has 122 valence electrons. The number of benzene rings is 1. The highest BCUT2D eigenvalue weighted by Gasteiger charge is 2.25. The van der Waals surface area contributed by atoms with Gasteiger partial charge in [0.1, 0.15) is 0 Å². The molecule has 1 saturated heterocycles. The first-order valence-electron chi connectivity index (χ1n) is 8.05. The number of hydrogen-bond donors (Lipinski definition) is 1. The Morgan fingerprint density at radius 3 is 2.73 bits per heavy atom. The summed E-state index contributed by atoms with van der Waals surface area (Å²) in [6.45, 7) is 5.54. The number of nitrogens with two attached hydrogens (primary N) is 1. The number of carbonyl (C=O) groups excluding carboxylic acids is 1. The molecule has 5 heteroatoms. The zero-order valence-electron chi connectivity index (χ0n) is 13.3. The van der Waals surface area contributed by atoms with Crippen LogP contribution in [0, 0.1) is 5.92 Å². The molecule has 0 atom stereocenters. The monoisotopic (exact) mass is 323 g/mol. The van der Waals surface area contributed by atoms with Crippen molar-refractivity contribution in [1.82, 2.24) is 4.90 Å². The van der Waals surface area contributed by atoms with Gasteiger partial charge in [-0.2, -0.15) is 0 Å². The Balaban J connectivity index is 0.00000176. The number of carbonyl (C=O) groups is 1. The zero-order chi connectivity index (χ0) is 14.8. The van der Waals surface area contributed by atoms with E-state index in [2.05, 4.69) is 17.9 Å². The lowest BCUT2D eigenvalue weighted by Crippen LogP contribution is -2.45. The van der Waals surface area contributed by atoms with Crippen LogP contribution in [0.3, 0.4) is 0 Å². The molecule has 0 aliphatic carbocycles. The number of rotatable bonds is 2. The van der Waals surface area contributed by atoms with Gasteiger partial charge in [0.05, 0.1) is 6.54 Å². The van der Waals surface area contributed by atoms with E-state index in [-0.39, 0.29) is 18.3 Å². The number of piperidine rings is 1. The Kier molecular flexibility index (Phi) is 5.57. The van der Waals surface area contributed by atoms with Crippen LogP contribution in [0.4, 0.5) is 11.4 Å². The molecule has 2 heterocycles. The normalized spacial score (nSPS) is 18.6. The van der Waals surface area contributed by atoms with Crippen molar-refractivity contribution in [2.45, 2.75) is 32.6 Å². The van der Waals surface area contributed by atoms with Crippen molar-refractivity contribution in [3.05, 3.63) is 23.8 Å². The molecule has 0 spiro atoms. The van der Waals surface area contributed by atoms with Crippen LogP contribution in [0.1, 0.15) is 31.7 Å². The van der Waals surface area contributed by atoms with Crippen LogP contribution in [-0.2, 0) is 11.2 Å². The molecule has 1 amide bonds. The van der Waals surface area contributed by atoms with Crippen LogP contribution in [0.15, 0.2) is 18.2 Å². The number of halogens is 1. The zero-order valence-corrected chi connectivity index (χ0v) is 14.1. The maximum atomic E-state index is 12.5. The summed E-state index contributed by atoms with van der Waals surface area (Å²) < 4.78 is 0. The highest BCUT2D eigenvalue weighted by atomic mass is 35.5. The van der Waals surface area contributed by atoms with Gasteiger partial charge in [-0.3, -0.25) is 4.79 Å². The summed E-state index contributed by atoms with van der Waals surface area (Å²) >= 11 is 0. The maximum Gasteiger partial charge on any atom is 0.242 e. The van der Waals surface area contributed by atoms with E-state index in [1.165, 1.54) is 5.56 Å². The Morgan fingerprint density at radius 2 is 2.00 bits per heavy atom. The molecular weight excluding hydrogens is 298 g/mol. The molecule has 0 aromatic heterocycles. The minimum Gasteiger partial charge on any atom is -0.398 e. The standard InChI is InChI=1S/C17H25N3O.ClH/c1-13-7-10-19(11-8-13)17(21)12-20-9-3-4-14-15(18)5-2-6-16(14)20;/h2,5-6,13H,3-4,7-12,18H2,1H3;1H. The molecule has 0 radical (unpaired) electrons. The van der Waals surface area contributed by atoms with E-state index in [1.54, 1.807) is 0 Å². The molecule has 0 saturated carbocycles. The molecule has 2 aliphatic rings. The summed E-state index contributed by atoms with van der Waals surface area (Å²) in [5.74, 6) is 1.02. The highest BCUT2D eigenvalue weighted by Crippen LogP contribution is 2.31. The van der Waals surface area contributed by atoms with Gasteiger partial charge >= 0.3 is 0 Å². The molecule has 0 unspecified atom stereocenters. The number of fused-ring (bicyclic) bond motifs is 1. The van der Waals surface area contributed by atoms with E-state index in [0.29, 0.717) is 6.54 Å². The Labute approximate surface area is 139 Å². The smallest absolute Gasteiger partial charge is 0.242 e. The average molecular weight is 324 g/mol. The topological polar surface area (TPSA) is 49.6 Å². The second-order valence-corrected chi connectivity index (χ2v) is 6.43. The lowest BCUT2D eigenvalue weighted by atomic mass is 9.98. The van der Waals surface area contributed by atoms with Crippen molar-refractivity contribution in [2.24, 2.45) is 5.92 Å². The molecule has 2 N–H and O–H groups in total. The summed E-state index contributed by atoms with van der Waals surface area (Å²) in [7, 11) is 0. The predicted octanol–water partition coefficient (Wildman–Crippen LogP) is 2.70. The third kappa shape index (κ3) is 3.49. The molecule has 2 aliphatic heterocycles. The molecule has 1 aromatic rings. The van der Waals surface area contributed by atoms with Crippen molar-refractivity contribution >= 4 is 29.7 Å². The van der Waals surface area contributed by atoms with Crippen LogP contribution in [0.2, 0.25) is 0 Å². The largest absolute Gasteiger partial charge is 0.398 e. The maximum absolute atomic E-state index is 12.5.